The molecular weight excluding hydrogens is 472 g/mol. The number of amides is 1. The Morgan fingerprint density at radius 1 is 1.09 bits per heavy atom. The number of hydrogen-bond donors (Lipinski definition) is 1. The maximum Gasteiger partial charge on any atom is 0.271 e. The van der Waals surface area contributed by atoms with E-state index in [0.717, 1.165) is 52.4 Å². The van der Waals surface area contributed by atoms with Gasteiger partial charge in [-0.05, 0) is 42.0 Å². The summed E-state index contributed by atoms with van der Waals surface area (Å²) in [7, 11) is 0. The van der Waals surface area contributed by atoms with Gasteiger partial charge in [0.1, 0.15) is 0 Å². The number of nitrogens with one attached hydrogen (secondary N) is 1. The second-order valence-electron chi connectivity index (χ2n) is 7.41. The highest BCUT2D eigenvalue weighted by molar-refractivity contribution is 8.00. The number of carbonyl (C=O) groups is 1. The van der Waals surface area contributed by atoms with Gasteiger partial charge in [0.25, 0.3) is 5.91 Å². The zero-order valence-electron chi connectivity index (χ0n) is 17.8. The number of thiazole rings is 1. The number of aromatic nitrogens is 1. The molecule has 5 rings (SSSR count). The normalized spacial score (nSPS) is 14.2. The van der Waals surface area contributed by atoms with Crippen LogP contribution in [0.1, 0.15) is 20.8 Å². The van der Waals surface area contributed by atoms with Crippen LogP contribution in [-0.4, -0.2) is 43.4 Å². The van der Waals surface area contributed by atoms with Gasteiger partial charge in [0, 0.05) is 29.3 Å². The first kappa shape index (κ1) is 22.1. The molecule has 0 spiro atoms. The number of carbonyl (C=O) groups excluding carboxylic acids is 1. The van der Waals surface area contributed by atoms with Crippen LogP contribution < -0.4 is 10.3 Å². The van der Waals surface area contributed by atoms with Gasteiger partial charge in [-0.25, -0.2) is 10.4 Å². The Morgan fingerprint density at radius 2 is 1.91 bits per heavy atom. The van der Waals surface area contributed by atoms with Crippen LogP contribution in [0.5, 0.6) is 0 Å². The highest BCUT2D eigenvalue weighted by Gasteiger charge is 2.13. The maximum atomic E-state index is 12.4. The lowest BCUT2D eigenvalue weighted by Crippen LogP contribution is -2.35. The van der Waals surface area contributed by atoms with E-state index in [4.69, 9.17) is 4.74 Å². The zero-order chi connectivity index (χ0) is 22.5. The van der Waals surface area contributed by atoms with Gasteiger partial charge >= 0.3 is 0 Å². The van der Waals surface area contributed by atoms with Gasteiger partial charge in [-0.15, -0.1) is 22.7 Å². The summed E-state index contributed by atoms with van der Waals surface area (Å²) in [5.74, 6) is 0.588. The highest BCUT2D eigenvalue weighted by Crippen LogP contribution is 2.31. The number of rotatable bonds is 7. The van der Waals surface area contributed by atoms with Crippen molar-refractivity contribution in [3.05, 3.63) is 76.7 Å². The first-order valence-corrected chi connectivity index (χ1v) is 13.2. The number of anilines is 1. The van der Waals surface area contributed by atoms with Crippen LogP contribution in [-0.2, 0) is 10.5 Å². The standard InChI is InChI=1S/C24H22N4O2S3/c29-23(27-25-15-19-9-10-22(32-19)28-11-13-30-14-12-28)18-7-5-17(6-8-18)16-31-24-26-20-3-1-2-4-21(20)33-24/h1-10,15H,11-14,16H2,(H,27,29). The molecule has 0 bridgehead atoms. The quantitative estimate of drug-likeness (QED) is 0.216. The van der Waals surface area contributed by atoms with E-state index < -0.39 is 0 Å². The van der Waals surface area contributed by atoms with Crippen molar-refractivity contribution < 1.29 is 9.53 Å². The van der Waals surface area contributed by atoms with Crippen LogP contribution in [0.3, 0.4) is 0 Å². The smallest absolute Gasteiger partial charge is 0.271 e. The Balaban J connectivity index is 1.12. The second kappa shape index (κ2) is 10.5. The Morgan fingerprint density at radius 3 is 2.73 bits per heavy atom. The third-order valence-electron chi connectivity index (χ3n) is 5.15. The zero-order valence-corrected chi connectivity index (χ0v) is 20.2. The maximum absolute atomic E-state index is 12.4. The number of ether oxygens (including phenoxy) is 1. The molecule has 168 valence electrons. The third-order valence-corrected chi connectivity index (χ3v) is 8.48. The van der Waals surface area contributed by atoms with Crippen molar-refractivity contribution in [3.8, 4) is 0 Å². The van der Waals surface area contributed by atoms with Crippen molar-refractivity contribution in [3.63, 3.8) is 0 Å². The molecule has 1 saturated heterocycles. The Labute approximate surface area is 204 Å². The number of para-hydroxylation sites is 1. The van der Waals surface area contributed by atoms with E-state index in [1.54, 1.807) is 40.7 Å². The average Bonchev–Trinajstić information content (AvgIpc) is 3.50. The van der Waals surface area contributed by atoms with Crippen LogP contribution in [0.2, 0.25) is 0 Å². The monoisotopic (exact) mass is 494 g/mol. The molecule has 0 saturated carbocycles. The number of thiophene rings is 1. The molecule has 6 nitrogen and oxygen atoms in total. The number of fused-ring (bicyclic) bond motifs is 1. The lowest BCUT2D eigenvalue weighted by Gasteiger charge is -2.27. The molecule has 1 amide bonds. The molecule has 1 fully saturated rings. The summed E-state index contributed by atoms with van der Waals surface area (Å²) < 4.78 is 7.65. The molecule has 0 atom stereocenters. The second-order valence-corrected chi connectivity index (χ2v) is 10.8. The SMILES string of the molecule is O=C(NN=Cc1ccc(N2CCOCC2)s1)c1ccc(CSc2nc3ccccc3s2)cc1. The molecule has 0 radical (unpaired) electrons. The fourth-order valence-electron chi connectivity index (χ4n) is 3.39. The number of benzene rings is 2. The van der Waals surface area contributed by atoms with Gasteiger partial charge < -0.3 is 9.64 Å². The van der Waals surface area contributed by atoms with Crippen molar-refractivity contribution in [1.29, 1.82) is 0 Å². The molecule has 0 unspecified atom stereocenters. The van der Waals surface area contributed by atoms with Crippen LogP contribution >= 0.6 is 34.4 Å². The molecule has 0 aliphatic carbocycles. The first-order chi connectivity index (χ1) is 16.2. The van der Waals surface area contributed by atoms with E-state index in [9.17, 15) is 4.79 Å². The van der Waals surface area contributed by atoms with Crippen molar-refractivity contribution in [2.45, 2.75) is 10.1 Å². The van der Waals surface area contributed by atoms with Crippen LogP contribution in [0.25, 0.3) is 10.2 Å². The van der Waals surface area contributed by atoms with E-state index in [1.165, 1.54) is 9.70 Å². The molecular formula is C24H22N4O2S3. The van der Waals surface area contributed by atoms with Gasteiger partial charge in [-0.2, -0.15) is 5.10 Å². The molecule has 2 aromatic heterocycles. The number of thioether (sulfide) groups is 1. The van der Waals surface area contributed by atoms with Gasteiger partial charge in [0.15, 0.2) is 4.34 Å². The van der Waals surface area contributed by atoms with Gasteiger partial charge in [0.2, 0.25) is 0 Å². The van der Waals surface area contributed by atoms with Crippen molar-refractivity contribution in [2.75, 3.05) is 31.2 Å². The number of hydrogen-bond acceptors (Lipinski definition) is 8. The summed E-state index contributed by atoms with van der Waals surface area (Å²) >= 11 is 5.07. The minimum Gasteiger partial charge on any atom is -0.378 e. The minimum atomic E-state index is -0.221. The fraction of sp³-hybridized carbons (Fsp3) is 0.208. The molecule has 2 aromatic carbocycles. The molecule has 33 heavy (non-hydrogen) atoms. The number of nitrogens with zero attached hydrogens (tertiary/aromatic N) is 3. The van der Waals surface area contributed by atoms with Crippen LogP contribution in [0, 0.1) is 0 Å². The molecule has 9 heteroatoms. The van der Waals surface area contributed by atoms with Crippen molar-refractivity contribution in [2.24, 2.45) is 5.10 Å². The predicted octanol–water partition coefficient (Wildman–Crippen LogP) is 5.25. The van der Waals surface area contributed by atoms with Crippen LogP contribution in [0.15, 0.2) is 70.1 Å². The summed E-state index contributed by atoms with van der Waals surface area (Å²) in [5.41, 5.74) is 5.39. The van der Waals surface area contributed by atoms with Crippen LogP contribution in [0.4, 0.5) is 5.00 Å². The number of morpholine rings is 1. The molecule has 1 aliphatic heterocycles. The van der Waals surface area contributed by atoms with Gasteiger partial charge in [-0.1, -0.05) is 36.0 Å². The summed E-state index contributed by atoms with van der Waals surface area (Å²) in [6, 6.07) is 19.9. The fourth-order valence-corrected chi connectivity index (χ4v) is 6.35. The van der Waals surface area contributed by atoms with E-state index in [0.29, 0.717) is 5.56 Å². The molecule has 4 aromatic rings. The van der Waals surface area contributed by atoms with E-state index >= 15 is 0 Å². The Kier molecular flexibility index (Phi) is 7.01. The summed E-state index contributed by atoms with van der Waals surface area (Å²) in [6.07, 6.45) is 1.69. The van der Waals surface area contributed by atoms with E-state index in [1.807, 2.05) is 48.5 Å². The van der Waals surface area contributed by atoms with Gasteiger partial charge in [-0.3, -0.25) is 4.79 Å². The largest absolute Gasteiger partial charge is 0.378 e. The van der Waals surface area contributed by atoms with Gasteiger partial charge in [0.05, 0.1) is 34.6 Å². The molecule has 1 N–H and O–H groups in total. The summed E-state index contributed by atoms with van der Waals surface area (Å²) in [4.78, 5) is 20.4. The summed E-state index contributed by atoms with van der Waals surface area (Å²) in [5, 5.41) is 5.33. The first-order valence-electron chi connectivity index (χ1n) is 10.6. The highest BCUT2D eigenvalue weighted by atomic mass is 32.2. The lowest BCUT2D eigenvalue weighted by atomic mass is 10.1. The minimum absolute atomic E-state index is 0.221. The lowest BCUT2D eigenvalue weighted by molar-refractivity contribution is 0.0955. The average molecular weight is 495 g/mol. The van der Waals surface area contributed by atoms with Crippen molar-refractivity contribution >= 4 is 61.8 Å². The Hall–Kier alpha value is -2.72. The van der Waals surface area contributed by atoms with E-state index in [2.05, 4.69) is 32.5 Å². The topological polar surface area (TPSA) is 66.8 Å². The predicted molar refractivity (Wildman–Crippen MR) is 138 cm³/mol. The third kappa shape index (κ3) is 5.62. The Bertz CT molecular complexity index is 1230. The van der Waals surface area contributed by atoms with Crippen molar-refractivity contribution in [1.82, 2.24) is 10.4 Å². The molecule has 1 aliphatic rings. The number of hydrazone groups is 1. The summed E-state index contributed by atoms with van der Waals surface area (Å²) in [6.45, 7) is 3.33. The molecule has 3 heterocycles. The van der Waals surface area contributed by atoms with E-state index in [-0.39, 0.29) is 5.91 Å².